The van der Waals surface area contributed by atoms with Crippen LogP contribution in [0.15, 0.2) is 53.7 Å². The van der Waals surface area contributed by atoms with E-state index < -0.39 is 0 Å². The van der Waals surface area contributed by atoms with Gasteiger partial charge in [-0.25, -0.2) is 4.98 Å². The lowest BCUT2D eigenvalue weighted by molar-refractivity contribution is -0.117. The molecule has 1 atom stereocenters. The number of aromatic nitrogens is 1. The van der Waals surface area contributed by atoms with Gasteiger partial charge < -0.3 is 15.5 Å². The van der Waals surface area contributed by atoms with Crippen LogP contribution in [0.1, 0.15) is 12.0 Å². The Morgan fingerprint density at radius 1 is 1.32 bits per heavy atom. The van der Waals surface area contributed by atoms with Crippen LogP contribution in [0.3, 0.4) is 0 Å². The molecule has 6 nitrogen and oxygen atoms in total. The van der Waals surface area contributed by atoms with Gasteiger partial charge in [0.15, 0.2) is 5.96 Å². The zero-order valence-electron chi connectivity index (χ0n) is 13.9. The predicted molar refractivity (Wildman–Crippen MR) is 99.8 cm³/mol. The molecule has 1 fully saturated rings. The number of carbonyl (C=O) groups is 1. The maximum atomic E-state index is 12.3. The molecule has 0 aliphatic carbocycles. The van der Waals surface area contributed by atoms with Crippen LogP contribution in [-0.2, 0) is 11.3 Å². The van der Waals surface area contributed by atoms with Crippen LogP contribution < -0.4 is 15.5 Å². The normalized spacial score (nSPS) is 17.7. The Morgan fingerprint density at radius 2 is 2.12 bits per heavy atom. The van der Waals surface area contributed by atoms with Crippen molar-refractivity contribution in [1.82, 2.24) is 15.6 Å². The first-order chi connectivity index (χ1) is 12.2. The Morgan fingerprint density at radius 3 is 2.80 bits per heavy atom. The smallest absolute Gasteiger partial charge is 0.229 e. The number of carbonyl (C=O) groups excluding carboxylic acids is 1. The van der Waals surface area contributed by atoms with Gasteiger partial charge in [-0.1, -0.05) is 35.9 Å². The van der Waals surface area contributed by atoms with Crippen molar-refractivity contribution < 1.29 is 4.79 Å². The van der Waals surface area contributed by atoms with Crippen LogP contribution in [-0.4, -0.2) is 36.5 Å². The monoisotopic (exact) mass is 357 g/mol. The Balaban J connectivity index is 1.55. The lowest BCUT2D eigenvalue weighted by Gasteiger charge is -2.19. The van der Waals surface area contributed by atoms with Gasteiger partial charge in [0.2, 0.25) is 5.91 Å². The molecule has 1 aliphatic heterocycles. The van der Waals surface area contributed by atoms with Crippen molar-refractivity contribution in [3.63, 3.8) is 0 Å². The summed E-state index contributed by atoms with van der Waals surface area (Å²) in [6.45, 7) is 1.19. The summed E-state index contributed by atoms with van der Waals surface area (Å²) in [5, 5.41) is 7.00. The predicted octanol–water partition coefficient (Wildman–Crippen LogP) is 2.21. The second kappa shape index (κ2) is 7.98. The van der Waals surface area contributed by atoms with Crippen LogP contribution in [0.4, 0.5) is 5.69 Å². The van der Waals surface area contributed by atoms with E-state index in [1.807, 2.05) is 36.4 Å². The van der Waals surface area contributed by atoms with Crippen molar-refractivity contribution in [1.29, 1.82) is 0 Å². The van der Waals surface area contributed by atoms with Crippen LogP contribution in [0.5, 0.6) is 0 Å². The third-order valence-corrected chi connectivity index (χ3v) is 4.23. The highest BCUT2D eigenvalue weighted by Gasteiger charge is 2.30. The number of hydrogen-bond donors (Lipinski definition) is 2. The van der Waals surface area contributed by atoms with Crippen LogP contribution >= 0.6 is 11.6 Å². The Hall–Kier alpha value is -2.60. The molecule has 25 heavy (non-hydrogen) atoms. The largest absolute Gasteiger partial charge is 0.352 e. The molecule has 1 unspecified atom stereocenters. The number of nitrogens with zero attached hydrogens (tertiary/aromatic N) is 3. The first-order valence-electron chi connectivity index (χ1n) is 8.09. The average molecular weight is 358 g/mol. The van der Waals surface area contributed by atoms with Gasteiger partial charge in [-0.05, 0) is 23.8 Å². The molecule has 1 amide bonds. The summed E-state index contributed by atoms with van der Waals surface area (Å²) in [4.78, 5) is 22.3. The summed E-state index contributed by atoms with van der Waals surface area (Å²) in [6.07, 6.45) is 2.16. The number of nitrogens with one attached hydrogen (secondary N) is 2. The van der Waals surface area contributed by atoms with Gasteiger partial charge >= 0.3 is 0 Å². The second-order valence-electron chi connectivity index (χ2n) is 5.80. The minimum atomic E-state index is 0.0160. The fraction of sp³-hybridized carbons (Fsp3) is 0.278. The molecule has 2 aromatic rings. The van der Waals surface area contributed by atoms with Crippen molar-refractivity contribution in [2.75, 3.05) is 18.5 Å². The fourth-order valence-electron chi connectivity index (χ4n) is 2.75. The van der Waals surface area contributed by atoms with Gasteiger partial charge in [0.1, 0.15) is 5.15 Å². The molecule has 130 valence electrons. The summed E-state index contributed by atoms with van der Waals surface area (Å²) in [6, 6.07) is 13.4. The molecule has 1 aliphatic rings. The number of rotatable bonds is 4. The van der Waals surface area contributed by atoms with Gasteiger partial charge in [0, 0.05) is 38.4 Å². The Labute approximate surface area is 151 Å². The molecule has 1 saturated heterocycles. The quantitative estimate of drug-likeness (QED) is 0.500. The van der Waals surface area contributed by atoms with E-state index in [2.05, 4.69) is 20.6 Å². The third kappa shape index (κ3) is 4.48. The number of anilines is 1. The minimum absolute atomic E-state index is 0.0160. The highest BCUT2D eigenvalue weighted by Crippen LogP contribution is 2.20. The molecule has 0 bridgehead atoms. The summed E-state index contributed by atoms with van der Waals surface area (Å²) in [5.41, 5.74) is 1.92. The fourth-order valence-corrected chi connectivity index (χ4v) is 2.86. The number of guanidine groups is 1. The lowest BCUT2D eigenvalue weighted by atomic mass is 10.2. The SMILES string of the molecule is CN=C(NCc1ccc(Cl)nc1)NC1CC(=O)N(c2ccccc2)C1. The molecule has 0 radical (unpaired) electrons. The number of halogens is 1. The van der Waals surface area contributed by atoms with Gasteiger partial charge in [0.25, 0.3) is 0 Å². The number of amides is 1. The van der Waals surface area contributed by atoms with E-state index in [-0.39, 0.29) is 11.9 Å². The van der Waals surface area contributed by atoms with Crippen LogP contribution in [0.2, 0.25) is 5.15 Å². The lowest BCUT2D eigenvalue weighted by Crippen LogP contribution is -2.44. The number of aliphatic imine (C=N–C) groups is 1. The number of pyridine rings is 1. The third-order valence-electron chi connectivity index (χ3n) is 4.01. The summed E-state index contributed by atoms with van der Waals surface area (Å²) in [5.74, 6) is 0.767. The van der Waals surface area contributed by atoms with Crippen molar-refractivity contribution >= 4 is 29.2 Å². The zero-order chi connectivity index (χ0) is 17.6. The van der Waals surface area contributed by atoms with E-state index in [1.165, 1.54) is 0 Å². The standard InChI is InChI=1S/C18H20ClN5O/c1-20-18(22-11-13-7-8-16(19)21-10-13)23-14-9-17(25)24(12-14)15-5-3-2-4-6-15/h2-8,10,14H,9,11-12H2,1H3,(H2,20,22,23). The van der Waals surface area contributed by atoms with E-state index in [4.69, 9.17) is 11.6 Å². The summed E-state index contributed by atoms with van der Waals surface area (Å²) in [7, 11) is 1.71. The van der Waals surface area contributed by atoms with Crippen molar-refractivity contribution in [3.05, 3.63) is 59.4 Å². The molecule has 0 saturated carbocycles. The molecule has 2 N–H and O–H groups in total. The Bertz CT molecular complexity index is 748. The zero-order valence-corrected chi connectivity index (χ0v) is 14.7. The molecular weight excluding hydrogens is 338 g/mol. The van der Waals surface area contributed by atoms with E-state index >= 15 is 0 Å². The second-order valence-corrected chi connectivity index (χ2v) is 6.19. The van der Waals surface area contributed by atoms with E-state index in [1.54, 1.807) is 24.2 Å². The molecule has 1 aromatic carbocycles. The van der Waals surface area contributed by atoms with Crippen molar-refractivity contribution in [2.45, 2.75) is 19.0 Å². The maximum Gasteiger partial charge on any atom is 0.229 e. The summed E-state index contributed by atoms with van der Waals surface area (Å²) >= 11 is 5.79. The van der Waals surface area contributed by atoms with Crippen molar-refractivity contribution in [3.8, 4) is 0 Å². The minimum Gasteiger partial charge on any atom is -0.352 e. The van der Waals surface area contributed by atoms with Gasteiger partial charge in [0.05, 0.1) is 6.04 Å². The van der Waals surface area contributed by atoms with Crippen LogP contribution in [0.25, 0.3) is 0 Å². The molecule has 1 aromatic heterocycles. The van der Waals surface area contributed by atoms with Crippen LogP contribution in [0, 0.1) is 0 Å². The maximum absolute atomic E-state index is 12.3. The Kier molecular flexibility index (Phi) is 5.50. The highest BCUT2D eigenvalue weighted by atomic mass is 35.5. The molecule has 7 heteroatoms. The van der Waals surface area contributed by atoms with E-state index in [0.29, 0.717) is 30.6 Å². The number of hydrogen-bond acceptors (Lipinski definition) is 3. The molecule has 0 spiro atoms. The number of para-hydroxylation sites is 1. The van der Waals surface area contributed by atoms with Crippen molar-refractivity contribution in [2.24, 2.45) is 4.99 Å². The first-order valence-corrected chi connectivity index (χ1v) is 8.46. The van der Waals surface area contributed by atoms with Gasteiger partial charge in [-0.2, -0.15) is 0 Å². The summed E-state index contributed by atoms with van der Waals surface area (Å²) < 4.78 is 0. The van der Waals surface area contributed by atoms with E-state index in [0.717, 1.165) is 11.3 Å². The van der Waals surface area contributed by atoms with Gasteiger partial charge in [-0.15, -0.1) is 0 Å². The molecule has 3 rings (SSSR count). The average Bonchev–Trinajstić information content (AvgIpc) is 3.01. The number of benzene rings is 1. The molecule has 2 heterocycles. The topological polar surface area (TPSA) is 69.6 Å². The van der Waals surface area contributed by atoms with Gasteiger partial charge in [-0.3, -0.25) is 9.79 Å². The first kappa shape index (κ1) is 17.2. The molecular formula is C18H20ClN5O. The van der Waals surface area contributed by atoms with E-state index in [9.17, 15) is 4.79 Å². The highest BCUT2D eigenvalue weighted by molar-refractivity contribution is 6.29.